The van der Waals surface area contributed by atoms with Crippen LogP contribution in [0.4, 0.5) is 5.69 Å². The van der Waals surface area contributed by atoms with E-state index in [2.05, 4.69) is 15.1 Å². The molecule has 0 atom stereocenters. The standard InChI is InChI=1S/C23H32N4O3/c1-17-7-9-20-19(15-17)22(23(29)27(20)16-26-11-13-30-14-12-26)25-24-21(28)10-8-18-5-3-2-4-6-18/h7,9,15,18,29H,2-6,8,10-14,16H2,1H3. The second kappa shape index (κ2) is 9.71. The molecule has 30 heavy (non-hydrogen) atoms. The summed E-state index contributed by atoms with van der Waals surface area (Å²) in [5.74, 6) is 0.497. The zero-order valence-corrected chi connectivity index (χ0v) is 17.8. The van der Waals surface area contributed by atoms with E-state index in [0.29, 0.717) is 37.9 Å². The minimum Gasteiger partial charge on any atom is -0.493 e. The van der Waals surface area contributed by atoms with Crippen LogP contribution in [0.15, 0.2) is 28.4 Å². The number of rotatable bonds is 6. The molecular formula is C23H32N4O3. The Morgan fingerprint density at radius 1 is 1.20 bits per heavy atom. The number of amides is 1. The van der Waals surface area contributed by atoms with Crippen molar-refractivity contribution in [2.75, 3.05) is 26.3 Å². The van der Waals surface area contributed by atoms with E-state index >= 15 is 0 Å². The van der Waals surface area contributed by atoms with Gasteiger partial charge in [-0.15, -0.1) is 10.2 Å². The van der Waals surface area contributed by atoms with Crippen LogP contribution in [0, 0.1) is 12.8 Å². The molecule has 1 amide bonds. The molecule has 0 bridgehead atoms. The van der Waals surface area contributed by atoms with Gasteiger partial charge in [0.15, 0.2) is 5.69 Å². The first kappa shape index (κ1) is 21.0. The highest BCUT2D eigenvalue weighted by molar-refractivity contribution is 5.95. The molecule has 1 aromatic heterocycles. The average molecular weight is 413 g/mol. The molecule has 1 N–H and O–H groups in total. The van der Waals surface area contributed by atoms with Crippen molar-refractivity contribution in [1.29, 1.82) is 0 Å². The first-order chi connectivity index (χ1) is 14.6. The lowest BCUT2D eigenvalue weighted by Gasteiger charge is -2.27. The monoisotopic (exact) mass is 412 g/mol. The predicted octanol–water partition coefficient (Wildman–Crippen LogP) is 4.92. The molecule has 1 saturated carbocycles. The number of carbonyl (C=O) groups is 1. The number of aromatic nitrogens is 1. The summed E-state index contributed by atoms with van der Waals surface area (Å²) < 4.78 is 7.27. The van der Waals surface area contributed by atoms with Crippen molar-refractivity contribution in [2.45, 2.75) is 58.5 Å². The number of nitrogens with zero attached hydrogens (tertiary/aromatic N) is 4. The van der Waals surface area contributed by atoms with Crippen LogP contribution < -0.4 is 0 Å². The van der Waals surface area contributed by atoms with Crippen molar-refractivity contribution in [2.24, 2.45) is 16.1 Å². The molecular weight excluding hydrogens is 380 g/mol. The lowest BCUT2D eigenvalue weighted by molar-refractivity contribution is -0.118. The molecule has 7 heteroatoms. The molecule has 0 spiro atoms. The van der Waals surface area contributed by atoms with E-state index in [1.54, 1.807) is 0 Å². The molecule has 1 aliphatic heterocycles. The minimum atomic E-state index is -0.207. The molecule has 7 nitrogen and oxygen atoms in total. The van der Waals surface area contributed by atoms with Gasteiger partial charge in [0.05, 0.1) is 25.4 Å². The number of hydrogen-bond acceptors (Lipinski definition) is 5. The quantitative estimate of drug-likeness (QED) is 0.683. The second-order valence-corrected chi connectivity index (χ2v) is 8.63. The summed E-state index contributed by atoms with van der Waals surface area (Å²) in [5.41, 5.74) is 2.35. The maximum absolute atomic E-state index is 12.3. The maximum atomic E-state index is 12.3. The molecule has 1 aromatic carbocycles. The molecule has 2 aromatic rings. The van der Waals surface area contributed by atoms with Crippen molar-refractivity contribution < 1.29 is 14.6 Å². The topological polar surface area (TPSA) is 79.4 Å². The Labute approximate surface area is 177 Å². The molecule has 0 unspecified atom stereocenters. The summed E-state index contributed by atoms with van der Waals surface area (Å²) in [6, 6.07) is 6.01. The van der Waals surface area contributed by atoms with E-state index in [0.717, 1.165) is 36.0 Å². The normalized spacial score (nSPS) is 19.1. The van der Waals surface area contributed by atoms with Crippen LogP contribution in [0.1, 0.15) is 50.5 Å². The summed E-state index contributed by atoms with van der Waals surface area (Å²) in [4.78, 5) is 14.6. The maximum Gasteiger partial charge on any atom is 0.264 e. The fourth-order valence-electron chi connectivity index (χ4n) is 4.58. The van der Waals surface area contributed by atoms with E-state index in [9.17, 15) is 9.90 Å². The number of hydrogen-bond donors (Lipinski definition) is 1. The third kappa shape index (κ3) is 4.90. The fourth-order valence-corrected chi connectivity index (χ4v) is 4.58. The number of benzene rings is 1. The highest BCUT2D eigenvalue weighted by Crippen LogP contribution is 2.39. The van der Waals surface area contributed by atoms with Crippen LogP contribution >= 0.6 is 0 Å². The predicted molar refractivity (Wildman–Crippen MR) is 116 cm³/mol. The first-order valence-electron chi connectivity index (χ1n) is 11.2. The Morgan fingerprint density at radius 2 is 1.97 bits per heavy atom. The van der Waals surface area contributed by atoms with Crippen LogP contribution in [0.2, 0.25) is 0 Å². The molecule has 1 aliphatic carbocycles. The summed E-state index contributed by atoms with van der Waals surface area (Å²) in [6.45, 7) is 5.59. The largest absolute Gasteiger partial charge is 0.493 e. The van der Waals surface area contributed by atoms with E-state index < -0.39 is 0 Å². The Balaban J connectivity index is 1.52. The van der Waals surface area contributed by atoms with Gasteiger partial charge in [0.25, 0.3) is 5.91 Å². The smallest absolute Gasteiger partial charge is 0.264 e. The number of ether oxygens (including phenoxy) is 1. The molecule has 162 valence electrons. The van der Waals surface area contributed by atoms with E-state index in [1.807, 2.05) is 29.7 Å². The number of fused-ring (bicyclic) bond motifs is 1. The average Bonchev–Trinajstić information content (AvgIpc) is 3.02. The van der Waals surface area contributed by atoms with Crippen LogP contribution in [0.5, 0.6) is 5.88 Å². The van der Waals surface area contributed by atoms with Crippen LogP contribution in [-0.4, -0.2) is 46.8 Å². The Hall–Kier alpha value is -2.25. The highest BCUT2D eigenvalue weighted by atomic mass is 16.5. The van der Waals surface area contributed by atoms with Gasteiger partial charge < -0.3 is 9.84 Å². The number of carbonyl (C=O) groups excluding carboxylic acids is 1. The summed E-state index contributed by atoms with van der Waals surface area (Å²) in [5, 5.41) is 19.9. The van der Waals surface area contributed by atoms with Gasteiger partial charge in [-0.1, -0.05) is 43.7 Å². The van der Waals surface area contributed by atoms with Crippen molar-refractivity contribution >= 4 is 22.5 Å². The lowest BCUT2D eigenvalue weighted by atomic mass is 9.86. The van der Waals surface area contributed by atoms with Crippen LogP contribution in [-0.2, 0) is 16.2 Å². The molecule has 2 heterocycles. The first-order valence-corrected chi connectivity index (χ1v) is 11.2. The second-order valence-electron chi connectivity index (χ2n) is 8.63. The highest BCUT2D eigenvalue weighted by Gasteiger charge is 2.20. The number of aromatic hydroxyl groups is 1. The molecule has 2 aliphatic rings. The van der Waals surface area contributed by atoms with Gasteiger partial charge in [0.2, 0.25) is 5.88 Å². The van der Waals surface area contributed by atoms with Gasteiger partial charge in [-0.05, 0) is 31.4 Å². The molecule has 2 fully saturated rings. The van der Waals surface area contributed by atoms with Crippen LogP contribution in [0.3, 0.4) is 0 Å². The van der Waals surface area contributed by atoms with Crippen molar-refractivity contribution in [3.8, 4) is 5.88 Å². The Kier molecular flexibility index (Phi) is 6.79. The lowest BCUT2D eigenvalue weighted by Crippen LogP contribution is -2.37. The third-order valence-electron chi connectivity index (χ3n) is 6.36. The minimum absolute atomic E-state index is 0.0610. The number of aryl methyl sites for hydroxylation is 1. The van der Waals surface area contributed by atoms with Crippen LogP contribution in [0.25, 0.3) is 10.9 Å². The Morgan fingerprint density at radius 3 is 2.73 bits per heavy atom. The van der Waals surface area contributed by atoms with Gasteiger partial charge in [0.1, 0.15) is 0 Å². The number of azo groups is 1. The zero-order valence-electron chi connectivity index (χ0n) is 17.8. The Bertz CT molecular complexity index is 909. The SMILES string of the molecule is Cc1ccc2c(c1)c(N=NC(=O)CCC1CCCCC1)c(O)n2CN1CCOCC1. The van der Waals surface area contributed by atoms with Gasteiger partial charge >= 0.3 is 0 Å². The summed E-state index contributed by atoms with van der Waals surface area (Å²) >= 11 is 0. The van der Waals surface area contributed by atoms with Gasteiger partial charge in [-0.25, -0.2) is 0 Å². The van der Waals surface area contributed by atoms with Crippen molar-refractivity contribution in [1.82, 2.24) is 9.47 Å². The third-order valence-corrected chi connectivity index (χ3v) is 6.36. The summed E-state index contributed by atoms with van der Waals surface area (Å²) in [7, 11) is 0. The number of morpholine rings is 1. The van der Waals surface area contributed by atoms with E-state index in [1.165, 1.54) is 32.1 Å². The molecule has 4 rings (SSSR count). The molecule has 1 saturated heterocycles. The fraction of sp³-hybridized carbons (Fsp3) is 0.609. The van der Waals surface area contributed by atoms with Gasteiger partial charge in [0, 0.05) is 24.9 Å². The van der Waals surface area contributed by atoms with Crippen molar-refractivity contribution in [3.05, 3.63) is 23.8 Å². The summed E-state index contributed by atoms with van der Waals surface area (Å²) in [6.07, 6.45) is 7.63. The van der Waals surface area contributed by atoms with E-state index in [4.69, 9.17) is 4.74 Å². The molecule has 0 radical (unpaired) electrons. The van der Waals surface area contributed by atoms with Gasteiger partial charge in [-0.2, -0.15) is 0 Å². The van der Waals surface area contributed by atoms with Crippen molar-refractivity contribution in [3.63, 3.8) is 0 Å². The van der Waals surface area contributed by atoms with E-state index in [-0.39, 0.29) is 11.8 Å². The van der Waals surface area contributed by atoms with Gasteiger partial charge in [-0.3, -0.25) is 14.3 Å². The zero-order chi connectivity index (χ0) is 20.9.